The molecule has 100 valence electrons. The molecule has 1 aromatic carbocycles. The van der Waals surface area contributed by atoms with Gasteiger partial charge in [0.15, 0.2) is 0 Å². The normalized spacial score (nSPS) is 10.8. The smallest absolute Gasteiger partial charge is 0.337 e. The van der Waals surface area contributed by atoms with Gasteiger partial charge < -0.3 is 15.4 Å². The van der Waals surface area contributed by atoms with Crippen molar-refractivity contribution in [3.63, 3.8) is 0 Å². The van der Waals surface area contributed by atoms with Crippen LogP contribution in [0.5, 0.6) is 0 Å². The van der Waals surface area contributed by atoms with Gasteiger partial charge in [0.1, 0.15) is 5.82 Å². The van der Waals surface area contributed by atoms with Crippen molar-refractivity contribution < 1.29 is 9.90 Å². The Morgan fingerprint density at radius 1 is 1.35 bits per heavy atom. The van der Waals surface area contributed by atoms with E-state index < -0.39 is 5.97 Å². The lowest BCUT2D eigenvalue weighted by Gasteiger charge is -2.04. The lowest BCUT2D eigenvalue weighted by Crippen LogP contribution is -2.01. The highest BCUT2D eigenvalue weighted by Crippen LogP contribution is 2.27. The molecule has 0 saturated carbocycles. The molecule has 0 aliphatic carbocycles. The number of hydrogen-bond acceptors (Lipinski definition) is 4. The van der Waals surface area contributed by atoms with E-state index in [2.05, 4.69) is 25.9 Å². The third-order valence-electron chi connectivity index (χ3n) is 2.90. The van der Waals surface area contributed by atoms with Crippen molar-refractivity contribution in [2.75, 3.05) is 5.73 Å². The molecule has 0 saturated heterocycles. The Kier molecular flexibility index (Phi) is 2.90. The number of carboxylic acids is 1. The zero-order chi connectivity index (χ0) is 14.3. The number of carbonyl (C=O) groups is 1. The number of hydrogen-bond donors (Lipinski definition) is 2. The van der Waals surface area contributed by atoms with Gasteiger partial charge in [-0.2, -0.15) is 4.98 Å². The van der Waals surface area contributed by atoms with Gasteiger partial charge in [0.05, 0.1) is 11.1 Å². The van der Waals surface area contributed by atoms with E-state index in [0.717, 1.165) is 9.99 Å². The number of rotatable bonds is 2. The second-order valence-electron chi connectivity index (χ2n) is 4.15. The van der Waals surface area contributed by atoms with Crippen LogP contribution in [0.4, 0.5) is 5.95 Å². The van der Waals surface area contributed by atoms with Crippen molar-refractivity contribution in [3.8, 4) is 5.82 Å². The molecule has 2 aromatic heterocycles. The van der Waals surface area contributed by atoms with Crippen molar-refractivity contribution in [1.82, 2.24) is 14.5 Å². The summed E-state index contributed by atoms with van der Waals surface area (Å²) in [6.45, 7) is 0. The molecule has 0 aliphatic heterocycles. The number of benzene rings is 1. The predicted octanol–water partition coefficient (Wildman–Crippen LogP) is 2.46. The van der Waals surface area contributed by atoms with E-state index in [1.54, 1.807) is 22.8 Å². The van der Waals surface area contributed by atoms with E-state index in [9.17, 15) is 9.90 Å². The number of fused-ring (bicyclic) bond motifs is 1. The molecule has 0 aliphatic rings. The minimum Gasteiger partial charge on any atom is -0.478 e. The highest BCUT2D eigenvalue weighted by atomic mass is 79.9. The van der Waals surface area contributed by atoms with Gasteiger partial charge in [-0.1, -0.05) is 22.0 Å². The molecule has 3 rings (SSSR count). The first-order valence-electron chi connectivity index (χ1n) is 5.69. The van der Waals surface area contributed by atoms with Crippen molar-refractivity contribution in [3.05, 3.63) is 46.7 Å². The number of nitrogens with zero attached hydrogens (tertiary/aromatic N) is 3. The molecular weight excluding hydrogens is 324 g/mol. The molecular formula is C13H9BrN4O2. The first kappa shape index (κ1) is 12.6. The van der Waals surface area contributed by atoms with Crippen LogP contribution in [0, 0.1) is 0 Å². The highest BCUT2D eigenvalue weighted by molar-refractivity contribution is 9.10. The van der Waals surface area contributed by atoms with E-state index in [-0.39, 0.29) is 11.5 Å². The van der Waals surface area contributed by atoms with E-state index in [4.69, 9.17) is 5.73 Å². The summed E-state index contributed by atoms with van der Waals surface area (Å²) in [5.74, 6) is -0.331. The molecule has 3 N–H and O–H groups in total. The minimum absolute atomic E-state index is 0.135. The van der Waals surface area contributed by atoms with Gasteiger partial charge in [0.2, 0.25) is 5.95 Å². The van der Waals surface area contributed by atoms with E-state index in [1.165, 1.54) is 12.4 Å². The molecule has 3 aromatic rings. The first-order valence-corrected chi connectivity index (χ1v) is 6.48. The fraction of sp³-hybridized carbons (Fsp3) is 0. The van der Waals surface area contributed by atoms with Gasteiger partial charge >= 0.3 is 5.97 Å². The molecule has 20 heavy (non-hydrogen) atoms. The van der Waals surface area contributed by atoms with Crippen LogP contribution in [0.2, 0.25) is 0 Å². The molecule has 0 bridgehead atoms. The van der Waals surface area contributed by atoms with E-state index >= 15 is 0 Å². The number of nitrogen functional groups attached to an aromatic ring is 1. The van der Waals surface area contributed by atoms with Crippen LogP contribution in [0.25, 0.3) is 16.7 Å². The second kappa shape index (κ2) is 4.61. The number of aromatic carboxylic acids is 1. The maximum absolute atomic E-state index is 11.3. The van der Waals surface area contributed by atoms with E-state index in [0.29, 0.717) is 11.2 Å². The lowest BCUT2D eigenvalue weighted by atomic mass is 10.2. The van der Waals surface area contributed by atoms with E-state index in [1.807, 2.05) is 6.07 Å². The summed E-state index contributed by atoms with van der Waals surface area (Å²) in [4.78, 5) is 19.3. The highest BCUT2D eigenvalue weighted by Gasteiger charge is 2.16. The van der Waals surface area contributed by atoms with Gasteiger partial charge in [0.25, 0.3) is 0 Å². The third-order valence-corrected chi connectivity index (χ3v) is 3.40. The molecule has 2 heterocycles. The van der Waals surface area contributed by atoms with Crippen LogP contribution in [0.3, 0.4) is 0 Å². The fourth-order valence-corrected chi connectivity index (χ4v) is 2.41. The maximum Gasteiger partial charge on any atom is 0.337 e. The van der Waals surface area contributed by atoms with Crippen LogP contribution >= 0.6 is 15.9 Å². The Labute approximate surface area is 122 Å². The number of aromatic nitrogens is 3. The Morgan fingerprint density at radius 2 is 2.15 bits per heavy atom. The van der Waals surface area contributed by atoms with Gasteiger partial charge in [0, 0.05) is 22.3 Å². The summed E-state index contributed by atoms with van der Waals surface area (Å²) in [7, 11) is 0. The molecule has 6 nitrogen and oxygen atoms in total. The van der Waals surface area contributed by atoms with Crippen LogP contribution in [-0.2, 0) is 0 Å². The second-order valence-corrected chi connectivity index (χ2v) is 5.07. The molecule has 0 unspecified atom stereocenters. The van der Waals surface area contributed by atoms with Crippen LogP contribution in [0.15, 0.2) is 41.1 Å². The van der Waals surface area contributed by atoms with Gasteiger partial charge in [-0.15, -0.1) is 0 Å². The Balaban J connectivity index is 2.35. The van der Waals surface area contributed by atoms with Gasteiger partial charge in [-0.3, -0.25) is 0 Å². The molecule has 0 amide bonds. The molecule has 0 atom stereocenters. The summed E-state index contributed by atoms with van der Waals surface area (Å²) < 4.78 is 2.53. The quantitative estimate of drug-likeness (QED) is 0.751. The van der Waals surface area contributed by atoms with Crippen molar-refractivity contribution in [1.29, 1.82) is 0 Å². The molecule has 7 heteroatoms. The first-order chi connectivity index (χ1) is 9.56. The summed E-state index contributed by atoms with van der Waals surface area (Å²) in [6.07, 6.45) is 3.06. The maximum atomic E-state index is 11.3. The SMILES string of the molecule is Nc1nccc(-n2cc(C(=O)O)c3ccc(Br)cc32)n1. The summed E-state index contributed by atoms with van der Waals surface area (Å²) >= 11 is 3.38. The van der Waals surface area contributed by atoms with Crippen LogP contribution in [-0.4, -0.2) is 25.6 Å². The zero-order valence-corrected chi connectivity index (χ0v) is 11.7. The number of anilines is 1. The molecule has 0 spiro atoms. The minimum atomic E-state index is -0.988. The van der Waals surface area contributed by atoms with Crippen LogP contribution in [0.1, 0.15) is 10.4 Å². The third kappa shape index (κ3) is 2.01. The Morgan fingerprint density at radius 3 is 2.85 bits per heavy atom. The fourth-order valence-electron chi connectivity index (χ4n) is 2.06. The Bertz CT molecular complexity index is 828. The van der Waals surface area contributed by atoms with Crippen molar-refractivity contribution in [2.24, 2.45) is 0 Å². The van der Waals surface area contributed by atoms with Gasteiger partial charge in [-0.25, -0.2) is 9.78 Å². The predicted molar refractivity (Wildman–Crippen MR) is 77.9 cm³/mol. The number of halogens is 1. The summed E-state index contributed by atoms with van der Waals surface area (Å²) in [5.41, 5.74) is 6.52. The Hall–Kier alpha value is -2.41. The largest absolute Gasteiger partial charge is 0.478 e. The standard InChI is InChI=1S/C13H9BrN4O2/c14-7-1-2-8-9(12(19)20)6-18(10(8)5-7)11-3-4-16-13(15)17-11/h1-6H,(H,19,20)(H2,15,16,17). The number of carboxylic acid groups (broad SMARTS) is 1. The summed E-state index contributed by atoms with van der Waals surface area (Å²) in [5, 5.41) is 9.92. The average Bonchev–Trinajstić information content (AvgIpc) is 2.77. The summed E-state index contributed by atoms with van der Waals surface area (Å²) in [6, 6.07) is 7.06. The monoisotopic (exact) mass is 332 g/mol. The van der Waals surface area contributed by atoms with Crippen LogP contribution < -0.4 is 5.73 Å². The lowest BCUT2D eigenvalue weighted by molar-refractivity contribution is 0.0699. The van der Waals surface area contributed by atoms with Crippen molar-refractivity contribution >= 4 is 38.8 Å². The average molecular weight is 333 g/mol. The zero-order valence-electron chi connectivity index (χ0n) is 10.1. The van der Waals surface area contributed by atoms with Gasteiger partial charge in [-0.05, 0) is 18.2 Å². The van der Waals surface area contributed by atoms with Crippen molar-refractivity contribution in [2.45, 2.75) is 0 Å². The number of nitrogens with two attached hydrogens (primary N) is 1. The molecule has 0 radical (unpaired) electrons. The molecule has 0 fully saturated rings. The topological polar surface area (TPSA) is 94.0 Å².